The fourth-order valence-corrected chi connectivity index (χ4v) is 4.80. The molecular weight excluding hydrogens is 488 g/mol. The Balaban J connectivity index is 0.000000712. The molecule has 0 amide bonds. The summed E-state index contributed by atoms with van der Waals surface area (Å²) >= 11 is 5.38. The molecule has 0 aromatic heterocycles. The van der Waals surface area contributed by atoms with Crippen molar-refractivity contribution in [1.29, 1.82) is 0 Å². The molecule has 35 heavy (non-hydrogen) atoms. The van der Waals surface area contributed by atoms with Gasteiger partial charge in [0.1, 0.15) is 10.1 Å². The van der Waals surface area contributed by atoms with Gasteiger partial charge >= 0.3 is 0 Å². The Morgan fingerprint density at radius 1 is 0.800 bits per heavy atom. The van der Waals surface area contributed by atoms with Crippen LogP contribution in [0.25, 0.3) is 0 Å². The monoisotopic (exact) mass is 534 g/mol. The van der Waals surface area contributed by atoms with E-state index in [1.54, 1.807) is 4.90 Å². The zero-order valence-corrected chi connectivity index (χ0v) is 23.6. The standard InChI is InChI=1S/C20H43N.C6H4ClNO5S/c1-4-5-6-7-8-9-10-11-12-13-14-15-16-17-18-19-20-21(2)3;7-5-2-1-4(8(9)10)3-6(5)14(11,12)13/h4-20H2,1-3H3;1-3H,(H,11,12,13). The minimum Gasteiger partial charge on any atom is -0.744 e. The highest BCUT2D eigenvalue weighted by atomic mass is 35.5. The van der Waals surface area contributed by atoms with E-state index in [0.29, 0.717) is 6.07 Å². The number of nitrogens with zero attached hydrogens (tertiary/aromatic N) is 1. The van der Waals surface area contributed by atoms with Crippen molar-refractivity contribution in [3.8, 4) is 0 Å². The van der Waals surface area contributed by atoms with Crippen LogP contribution in [0.2, 0.25) is 5.02 Å². The van der Waals surface area contributed by atoms with Gasteiger partial charge in [-0.1, -0.05) is 108 Å². The molecule has 0 saturated heterocycles. The molecule has 1 aromatic carbocycles. The number of nitro groups is 1. The van der Waals surface area contributed by atoms with Crippen LogP contribution in [0, 0.1) is 10.1 Å². The van der Waals surface area contributed by atoms with Gasteiger partial charge in [0.05, 0.1) is 35.5 Å². The summed E-state index contributed by atoms with van der Waals surface area (Å²) in [5.41, 5.74) is -0.496. The molecule has 1 rings (SSSR count). The molecule has 0 heterocycles. The largest absolute Gasteiger partial charge is 0.744 e. The maximum atomic E-state index is 10.6. The number of hydrogen-bond donors (Lipinski definition) is 1. The van der Waals surface area contributed by atoms with Gasteiger partial charge < -0.3 is 9.45 Å². The van der Waals surface area contributed by atoms with Crippen LogP contribution in [0.3, 0.4) is 0 Å². The lowest BCUT2D eigenvalue weighted by molar-refractivity contribution is -0.858. The third-order valence-corrected chi connectivity index (χ3v) is 7.24. The predicted molar refractivity (Wildman–Crippen MR) is 143 cm³/mol. The Bertz CT molecular complexity index is 788. The molecule has 1 aromatic rings. The van der Waals surface area contributed by atoms with Crippen LogP contribution in [-0.4, -0.2) is 38.5 Å². The Labute approximate surface area is 218 Å². The van der Waals surface area contributed by atoms with E-state index in [1.807, 2.05) is 0 Å². The van der Waals surface area contributed by atoms with Gasteiger partial charge in [0.25, 0.3) is 5.69 Å². The number of nitrogens with one attached hydrogen (secondary N) is 1. The molecule has 0 aliphatic rings. The third-order valence-electron chi connectivity index (χ3n) is 5.93. The van der Waals surface area contributed by atoms with Crippen LogP contribution in [-0.2, 0) is 10.1 Å². The van der Waals surface area contributed by atoms with Gasteiger partial charge in [-0.05, 0) is 18.9 Å². The number of non-ortho nitro benzene ring substituents is 1. The Hall–Kier alpha value is -1.22. The molecule has 0 radical (unpaired) electrons. The first-order chi connectivity index (χ1) is 16.6. The van der Waals surface area contributed by atoms with E-state index in [1.165, 1.54) is 109 Å². The lowest BCUT2D eigenvalue weighted by Gasteiger charge is -2.07. The SMILES string of the molecule is CCCCCCCCCCCCCCCCCC[NH+](C)C.O=[N+]([O-])c1ccc(Cl)c(S(=O)(=O)[O-])c1. The lowest BCUT2D eigenvalue weighted by atomic mass is 10.0. The Kier molecular flexibility index (Phi) is 20.2. The van der Waals surface area contributed by atoms with E-state index < -0.39 is 25.6 Å². The number of nitro benzene ring substituents is 1. The molecule has 204 valence electrons. The molecule has 0 spiro atoms. The molecule has 0 fully saturated rings. The summed E-state index contributed by atoms with van der Waals surface area (Å²) < 4.78 is 31.7. The fraction of sp³-hybridized carbons (Fsp3) is 0.769. The second-order valence-corrected chi connectivity index (χ2v) is 11.3. The van der Waals surface area contributed by atoms with Crippen molar-refractivity contribution in [1.82, 2.24) is 0 Å². The van der Waals surface area contributed by atoms with E-state index in [0.717, 1.165) is 12.1 Å². The third kappa shape index (κ3) is 19.6. The highest BCUT2D eigenvalue weighted by molar-refractivity contribution is 7.85. The maximum Gasteiger partial charge on any atom is 0.270 e. The van der Waals surface area contributed by atoms with Crippen molar-refractivity contribution in [2.24, 2.45) is 0 Å². The lowest BCUT2D eigenvalue weighted by Crippen LogP contribution is -3.05. The van der Waals surface area contributed by atoms with Crippen molar-refractivity contribution in [2.45, 2.75) is 115 Å². The second-order valence-electron chi connectivity index (χ2n) is 9.59. The topological polar surface area (TPSA) is 105 Å². The predicted octanol–water partition coefficient (Wildman–Crippen LogP) is 6.54. The van der Waals surface area contributed by atoms with Crippen LogP contribution < -0.4 is 4.90 Å². The van der Waals surface area contributed by atoms with Gasteiger partial charge in [-0.2, -0.15) is 0 Å². The molecule has 0 unspecified atom stereocenters. The van der Waals surface area contributed by atoms with Crippen molar-refractivity contribution >= 4 is 27.4 Å². The molecule has 0 atom stereocenters. The number of benzene rings is 1. The minimum absolute atomic E-state index is 0.328. The number of unbranched alkanes of at least 4 members (excludes halogenated alkanes) is 15. The van der Waals surface area contributed by atoms with Crippen molar-refractivity contribution in [3.05, 3.63) is 33.3 Å². The van der Waals surface area contributed by atoms with E-state index in [9.17, 15) is 23.1 Å². The first-order valence-corrected chi connectivity index (χ1v) is 15.1. The van der Waals surface area contributed by atoms with Crippen LogP contribution in [0.1, 0.15) is 110 Å². The molecule has 0 saturated carbocycles. The molecule has 9 heteroatoms. The molecule has 7 nitrogen and oxygen atoms in total. The average molecular weight is 535 g/mol. The van der Waals surface area contributed by atoms with Gasteiger partial charge in [0, 0.05) is 12.1 Å². The van der Waals surface area contributed by atoms with E-state index in [4.69, 9.17) is 11.6 Å². The normalized spacial score (nSPS) is 11.4. The van der Waals surface area contributed by atoms with E-state index in [2.05, 4.69) is 21.0 Å². The molecule has 0 aliphatic carbocycles. The first kappa shape index (κ1) is 33.8. The summed E-state index contributed by atoms with van der Waals surface area (Å²) in [6, 6.07) is 2.63. The maximum absolute atomic E-state index is 10.6. The average Bonchev–Trinajstić information content (AvgIpc) is 2.78. The van der Waals surface area contributed by atoms with Crippen molar-refractivity contribution < 1.29 is 22.8 Å². The number of quaternary nitrogens is 1. The quantitative estimate of drug-likeness (QED) is 0.0937. The summed E-state index contributed by atoms with van der Waals surface area (Å²) in [7, 11) is -0.266. The first-order valence-electron chi connectivity index (χ1n) is 13.3. The van der Waals surface area contributed by atoms with Gasteiger partial charge in [0.15, 0.2) is 0 Å². The van der Waals surface area contributed by atoms with Crippen molar-refractivity contribution in [3.63, 3.8) is 0 Å². The van der Waals surface area contributed by atoms with Gasteiger partial charge in [0.2, 0.25) is 0 Å². The van der Waals surface area contributed by atoms with Gasteiger partial charge in [-0.15, -0.1) is 0 Å². The van der Waals surface area contributed by atoms with E-state index >= 15 is 0 Å². The van der Waals surface area contributed by atoms with E-state index in [-0.39, 0.29) is 5.02 Å². The molecule has 0 aliphatic heterocycles. The molecule has 0 bridgehead atoms. The molecule has 1 N–H and O–H groups in total. The summed E-state index contributed by atoms with van der Waals surface area (Å²) in [5, 5.41) is 9.93. The second kappa shape index (κ2) is 20.9. The smallest absolute Gasteiger partial charge is 0.270 e. The Morgan fingerprint density at radius 3 is 1.54 bits per heavy atom. The minimum atomic E-state index is -4.78. The molecular formula is C26H47ClN2O5S. The Morgan fingerprint density at radius 2 is 1.20 bits per heavy atom. The van der Waals surface area contributed by atoms with Gasteiger partial charge in [-0.3, -0.25) is 10.1 Å². The summed E-state index contributed by atoms with van der Waals surface area (Å²) in [4.78, 5) is 10.3. The summed E-state index contributed by atoms with van der Waals surface area (Å²) in [6.45, 7) is 3.64. The van der Waals surface area contributed by atoms with Gasteiger partial charge in [-0.25, -0.2) is 8.42 Å². The zero-order chi connectivity index (χ0) is 26.5. The number of halogens is 1. The van der Waals surface area contributed by atoms with Crippen LogP contribution in [0.15, 0.2) is 23.1 Å². The zero-order valence-electron chi connectivity index (χ0n) is 22.0. The van der Waals surface area contributed by atoms with Crippen LogP contribution in [0.4, 0.5) is 5.69 Å². The number of hydrogen-bond acceptors (Lipinski definition) is 5. The number of rotatable bonds is 19. The highest BCUT2D eigenvalue weighted by Gasteiger charge is 2.13. The van der Waals surface area contributed by atoms with Crippen LogP contribution >= 0.6 is 11.6 Å². The fourth-order valence-electron chi connectivity index (χ4n) is 3.82. The summed E-state index contributed by atoms with van der Waals surface area (Å²) in [6.07, 6.45) is 23.4. The summed E-state index contributed by atoms with van der Waals surface area (Å²) in [5.74, 6) is 0. The van der Waals surface area contributed by atoms with Crippen molar-refractivity contribution in [2.75, 3.05) is 20.6 Å². The van der Waals surface area contributed by atoms with Crippen LogP contribution in [0.5, 0.6) is 0 Å². The highest BCUT2D eigenvalue weighted by Crippen LogP contribution is 2.25.